The lowest BCUT2D eigenvalue weighted by Gasteiger charge is -2.35. The lowest BCUT2D eigenvalue weighted by molar-refractivity contribution is 0.0823. The predicted molar refractivity (Wildman–Crippen MR) is 164 cm³/mol. The van der Waals surface area contributed by atoms with Crippen molar-refractivity contribution in [3.8, 4) is 11.8 Å². The minimum atomic E-state index is -0.421. The second kappa shape index (κ2) is 12.3. The van der Waals surface area contributed by atoms with E-state index in [0.717, 1.165) is 16.6 Å². The normalized spacial score (nSPS) is 13.9. The van der Waals surface area contributed by atoms with Crippen LogP contribution in [0.4, 0.5) is 17.1 Å². The average molecular weight is 617 g/mol. The summed E-state index contributed by atoms with van der Waals surface area (Å²) < 4.78 is 0.275. The molecule has 210 valence electrons. The Morgan fingerprint density at radius 3 is 2.51 bits per heavy atom. The molecule has 9 nitrogen and oxygen atoms in total. The number of benzene rings is 4. The van der Waals surface area contributed by atoms with Crippen molar-refractivity contribution in [2.45, 2.75) is 19.1 Å². The molecule has 0 saturated carbocycles. The number of anilines is 3. The van der Waals surface area contributed by atoms with Gasteiger partial charge in [-0.1, -0.05) is 42.5 Å². The molecule has 0 aliphatic carbocycles. The first-order valence-electron chi connectivity index (χ1n) is 12.8. The molecule has 0 radical (unpaired) electrons. The second-order valence-electron chi connectivity index (χ2n) is 9.94. The summed E-state index contributed by atoms with van der Waals surface area (Å²) in [6.07, 6.45) is 0.688. The van der Waals surface area contributed by atoms with E-state index in [1.54, 1.807) is 20.2 Å². The zero-order valence-electron chi connectivity index (χ0n) is 22.6. The van der Waals surface area contributed by atoms with Gasteiger partial charge in [-0.2, -0.15) is 5.26 Å². The van der Waals surface area contributed by atoms with E-state index in [2.05, 4.69) is 33.0 Å². The van der Waals surface area contributed by atoms with E-state index >= 15 is 0 Å². The highest BCUT2D eigenvalue weighted by atomic mass is 79.9. The Kier molecular flexibility index (Phi) is 8.81. The van der Waals surface area contributed by atoms with Crippen LogP contribution in [-0.2, 0) is 13.0 Å². The Balaban J connectivity index is 0.000000202. The van der Waals surface area contributed by atoms with Crippen molar-refractivity contribution in [1.29, 1.82) is 5.26 Å². The molecule has 1 aliphatic rings. The number of nitriles is 1. The number of rotatable bonds is 4. The lowest BCUT2D eigenvalue weighted by atomic mass is 9.93. The van der Waals surface area contributed by atoms with Crippen LogP contribution in [-0.4, -0.2) is 54.1 Å². The van der Waals surface area contributed by atoms with Crippen molar-refractivity contribution in [2.75, 3.05) is 37.0 Å². The molecule has 1 atom stereocenters. The molecule has 1 amide bonds. The summed E-state index contributed by atoms with van der Waals surface area (Å²) in [4.78, 5) is 26.4. The van der Waals surface area contributed by atoms with E-state index in [1.807, 2.05) is 42.5 Å². The first-order valence-corrected chi connectivity index (χ1v) is 13.6. The molecule has 1 aliphatic heterocycles. The third kappa shape index (κ3) is 5.96. The van der Waals surface area contributed by atoms with Gasteiger partial charge >= 0.3 is 0 Å². The van der Waals surface area contributed by atoms with Gasteiger partial charge in [0, 0.05) is 61.3 Å². The molecule has 1 heterocycles. The van der Waals surface area contributed by atoms with Crippen molar-refractivity contribution in [1.82, 2.24) is 4.90 Å². The van der Waals surface area contributed by atoms with Crippen LogP contribution < -0.4 is 16.4 Å². The van der Waals surface area contributed by atoms with E-state index in [-0.39, 0.29) is 38.5 Å². The molecule has 0 aromatic heterocycles. The fourth-order valence-electron chi connectivity index (χ4n) is 4.99. The molecule has 41 heavy (non-hydrogen) atoms. The molecule has 5 rings (SSSR count). The zero-order valence-corrected chi connectivity index (χ0v) is 24.2. The van der Waals surface area contributed by atoms with Gasteiger partial charge in [0.15, 0.2) is 6.29 Å². The number of hydrogen-bond acceptors (Lipinski definition) is 8. The third-order valence-corrected chi connectivity index (χ3v) is 7.67. The molecule has 0 spiro atoms. The Hall–Kier alpha value is -4.59. The number of nitrogens with two attached hydrogens (primary N) is 2. The number of amides is 1. The quantitative estimate of drug-likeness (QED) is 0.193. The molecule has 1 unspecified atom stereocenters. The number of fused-ring (bicyclic) bond motifs is 3. The Morgan fingerprint density at radius 2 is 1.88 bits per heavy atom. The highest BCUT2D eigenvalue weighted by molar-refractivity contribution is 9.10. The summed E-state index contributed by atoms with van der Waals surface area (Å²) in [5.74, 6) is -0.159. The number of phenols is 1. The van der Waals surface area contributed by atoms with Gasteiger partial charge in [0.1, 0.15) is 11.8 Å². The van der Waals surface area contributed by atoms with Crippen molar-refractivity contribution in [3.05, 3.63) is 93.0 Å². The van der Waals surface area contributed by atoms with Crippen molar-refractivity contribution in [3.63, 3.8) is 0 Å². The standard InChI is InChI=1S/C20H20N2O2.C11H10BrN3O2/c21-17-10-14-9-15(23)12-22(11-13-5-2-1-3-6-13)20(14)16-7-4-8-18(24)19(16)17;1-15(2)11(17)8-7(5-16)3-6(4-13)10(14)9(8)12/h1-8,10,15,23-24H,9,11-12,21H2;3,5H,14H2,1-2H3. The van der Waals surface area contributed by atoms with E-state index in [4.69, 9.17) is 16.7 Å². The van der Waals surface area contributed by atoms with Crippen molar-refractivity contribution >= 4 is 56.0 Å². The SMILES string of the molecule is CN(C)C(=O)c1c(C=O)cc(C#N)c(N)c1Br.Nc1cc2c(c3cccc(O)c13)N(Cc1ccccc1)CC(O)C2. The van der Waals surface area contributed by atoms with Gasteiger partial charge in [-0.25, -0.2) is 0 Å². The van der Waals surface area contributed by atoms with Crippen LogP contribution in [0.5, 0.6) is 5.75 Å². The molecule has 0 saturated heterocycles. The van der Waals surface area contributed by atoms with Gasteiger partial charge in [-0.05, 0) is 45.3 Å². The summed E-state index contributed by atoms with van der Waals surface area (Å²) in [6, 6.07) is 20.7. The molecule has 4 aromatic rings. The number of β-amino-alcohol motifs (C(OH)–C–C–N with tert-alkyl or cyclic N) is 1. The Labute approximate surface area is 246 Å². The number of carbonyl (C=O) groups is 2. The predicted octanol–water partition coefficient (Wildman–Crippen LogP) is 4.47. The maximum Gasteiger partial charge on any atom is 0.255 e. The number of aldehydes is 1. The van der Waals surface area contributed by atoms with E-state index < -0.39 is 6.10 Å². The average Bonchev–Trinajstić information content (AvgIpc) is 2.94. The summed E-state index contributed by atoms with van der Waals surface area (Å²) in [5.41, 5.74) is 16.3. The van der Waals surface area contributed by atoms with Crippen LogP contribution in [0.3, 0.4) is 0 Å². The summed E-state index contributed by atoms with van der Waals surface area (Å²) in [6.45, 7) is 1.27. The minimum absolute atomic E-state index is 0.140. The lowest BCUT2D eigenvalue weighted by Crippen LogP contribution is -2.38. The molecular formula is C31H30BrN5O4. The number of phenolic OH excluding ortho intramolecular Hbond substituents is 1. The largest absolute Gasteiger partial charge is 0.507 e. The summed E-state index contributed by atoms with van der Waals surface area (Å²) >= 11 is 3.15. The number of aromatic hydroxyl groups is 1. The van der Waals surface area contributed by atoms with Crippen molar-refractivity contribution in [2.24, 2.45) is 0 Å². The highest BCUT2D eigenvalue weighted by Crippen LogP contribution is 2.42. The number of aliphatic hydroxyl groups is 1. The molecule has 0 fully saturated rings. The van der Waals surface area contributed by atoms with Gasteiger partial charge in [0.25, 0.3) is 5.91 Å². The highest BCUT2D eigenvalue weighted by Gasteiger charge is 2.27. The van der Waals surface area contributed by atoms with E-state index in [0.29, 0.717) is 36.9 Å². The van der Waals surface area contributed by atoms with Crippen LogP contribution in [0.1, 0.15) is 37.4 Å². The third-order valence-electron chi connectivity index (χ3n) is 6.84. The van der Waals surface area contributed by atoms with E-state index in [1.165, 1.54) is 16.5 Å². The smallest absolute Gasteiger partial charge is 0.255 e. The number of hydrogen-bond donors (Lipinski definition) is 4. The summed E-state index contributed by atoms with van der Waals surface area (Å²) in [5, 5.41) is 31.0. The number of nitrogens with zero attached hydrogens (tertiary/aromatic N) is 3. The summed E-state index contributed by atoms with van der Waals surface area (Å²) in [7, 11) is 3.13. The number of nitrogen functional groups attached to an aromatic ring is 2. The Bertz CT molecular complexity index is 1670. The molecule has 6 N–H and O–H groups in total. The molecule has 0 bridgehead atoms. The van der Waals surface area contributed by atoms with Gasteiger partial charge in [0.05, 0.1) is 27.4 Å². The van der Waals surface area contributed by atoms with Crippen LogP contribution in [0.2, 0.25) is 0 Å². The molecule has 4 aromatic carbocycles. The van der Waals surface area contributed by atoms with E-state index in [9.17, 15) is 19.8 Å². The van der Waals surface area contributed by atoms with Crippen molar-refractivity contribution < 1.29 is 19.8 Å². The number of halogens is 1. The maximum atomic E-state index is 11.9. The topological polar surface area (TPSA) is 157 Å². The minimum Gasteiger partial charge on any atom is -0.507 e. The fourth-order valence-corrected chi connectivity index (χ4v) is 5.61. The second-order valence-corrected chi connectivity index (χ2v) is 10.7. The first-order chi connectivity index (χ1) is 19.6. The number of carbonyl (C=O) groups excluding carboxylic acids is 2. The zero-order chi connectivity index (χ0) is 29.8. The van der Waals surface area contributed by atoms with Gasteiger partial charge < -0.3 is 31.5 Å². The maximum absolute atomic E-state index is 11.9. The monoisotopic (exact) mass is 615 g/mol. The van der Waals surface area contributed by atoms with Gasteiger partial charge in [-0.3, -0.25) is 9.59 Å². The van der Waals surface area contributed by atoms with Gasteiger partial charge in [0.2, 0.25) is 0 Å². The number of aliphatic hydroxyl groups excluding tert-OH is 1. The Morgan fingerprint density at radius 1 is 1.17 bits per heavy atom. The molecule has 10 heteroatoms. The van der Waals surface area contributed by atoms with Gasteiger partial charge in [-0.15, -0.1) is 0 Å². The van der Waals surface area contributed by atoms with Crippen LogP contribution in [0, 0.1) is 11.3 Å². The van der Waals surface area contributed by atoms with Crippen LogP contribution in [0.25, 0.3) is 10.8 Å². The molecular weight excluding hydrogens is 586 g/mol. The van der Waals surface area contributed by atoms with Crippen LogP contribution in [0.15, 0.2) is 65.1 Å². The fraction of sp³-hybridized carbons (Fsp3) is 0.194. The van der Waals surface area contributed by atoms with Crippen LogP contribution >= 0.6 is 15.9 Å². The first kappa shape index (κ1) is 29.4.